The molecule has 0 atom stereocenters. The summed E-state index contributed by atoms with van der Waals surface area (Å²) in [4.78, 5) is 4.58. The van der Waals surface area contributed by atoms with Crippen molar-refractivity contribution in [1.29, 1.82) is 0 Å². The molecule has 18 heavy (non-hydrogen) atoms. The van der Waals surface area contributed by atoms with Crippen LogP contribution in [-0.2, 0) is 19.9 Å². The van der Waals surface area contributed by atoms with Crippen LogP contribution in [0.4, 0.5) is 0 Å². The minimum absolute atomic E-state index is 0.126. The maximum Gasteiger partial charge on any atom is 0.111 e. The average Bonchev–Trinajstić information content (AvgIpc) is 2.59. The van der Waals surface area contributed by atoms with Crippen LogP contribution in [-0.4, -0.2) is 21.3 Å². The van der Waals surface area contributed by atoms with Crippen LogP contribution in [0.15, 0.2) is 24.3 Å². The molecule has 0 aliphatic heterocycles. The van der Waals surface area contributed by atoms with Crippen molar-refractivity contribution in [2.45, 2.75) is 19.8 Å². The highest BCUT2D eigenvalue weighted by Gasteiger charge is 2.11. The molecular weight excluding hydrogens is 248 g/mol. The van der Waals surface area contributed by atoms with Gasteiger partial charge in [0.05, 0.1) is 12.3 Å². The molecule has 1 N–H and O–H groups in total. The van der Waals surface area contributed by atoms with Gasteiger partial charge in [0.15, 0.2) is 0 Å². The molecule has 0 aliphatic carbocycles. The molecule has 0 saturated carbocycles. The molecule has 2 rings (SSSR count). The first-order valence-corrected chi connectivity index (χ1v) is 6.36. The van der Waals surface area contributed by atoms with Crippen molar-refractivity contribution < 1.29 is 5.11 Å². The van der Waals surface area contributed by atoms with E-state index in [9.17, 15) is 0 Å². The first kappa shape index (κ1) is 13.1. The van der Waals surface area contributed by atoms with E-state index in [0.29, 0.717) is 6.42 Å². The van der Waals surface area contributed by atoms with Crippen LogP contribution < -0.4 is 0 Å². The summed E-state index contributed by atoms with van der Waals surface area (Å²) in [6.07, 6.45) is 1.36. The van der Waals surface area contributed by atoms with Crippen molar-refractivity contribution in [3.05, 3.63) is 52.1 Å². The van der Waals surface area contributed by atoms with E-state index in [1.165, 1.54) is 0 Å². The number of imidazole rings is 1. The highest BCUT2D eigenvalue weighted by Crippen LogP contribution is 2.17. The summed E-state index contributed by atoms with van der Waals surface area (Å²) in [6, 6.07) is 7.82. The van der Waals surface area contributed by atoms with Gasteiger partial charge in [-0.1, -0.05) is 23.7 Å². The Labute approximate surface area is 112 Å². The number of aliphatic hydroxyl groups is 1. The molecule has 1 aromatic carbocycles. The maximum atomic E-state index is 9.00. The summed E-state index contributed by atoms with van der Waals surface area (Å²) < 4.78 is 2.04. The smallest absolute Gasteiger partial charge is 0.111 e. The molecular formula is C14H17ClN2O. The normalized spacial score (nSPS) is 10.9. The van der Waals surface area contributed by atoms with E-state index in [-0.39, 0.29) is 6.61 Å². The quantitative estimate of drug-likeness (QED) is 0.922. The van der Waals surface area contributed by atoms with Crippen LogP contribution in [0, 0.1) is 6.92 Å². The van der Waals surface area contributed by atoms with Gasteiger partial charge < -0.3 is 9.67 Å². The maximum absolute atomic E-state index is 9.00. The van der Waals surface area contributed by atoms with Crippen molar-refractivity contribution >= 4 is 11.6 Å². The molecule has 3 nitrogen and oxygen atoms in total. The molecule has 2 aromatic rings. The predicted molar refractivity (Wildman–Crippen MR) is 73.0 cm³/mol. The Morgan fingerprint density at radius 1 is 1.39 bits per heavy atom. The zero-order valence-electron chi connectivity index (χ0n) is 10.7. The van der Waals surface area contributed by atoms with Gasteiger partial charge in [0.1, 0.15) is 5.82 Å². The molecule has 0 bridgehead atoms. The fraction of sp³-hybridized carbons (Fsp3) is 0.357. The van der Waals surface area contributed by atoms with Gasteiger partial charge in [0, 0.05) is 30.6 Å². The second-order valence-electron chi connectivity index (χ2n) is 4.40. The number of hydrogen-bond acceptors (Lipinski definition) is 2. The van der Waals surface area contributed by atoms with E-state index in [1.807, 2.05) is 42.8 Å². The van der Waals surface area contributed by atoms with Crippen molar-refractivity contribution in [3.8, 4) is 0 Å². The summed E-state index contributed by atoms with van der Waals surface area (Å²) in [6.45, 7) is 2.18. The van der Waals surface area contributed by atoms with E-state index in [0.717, 1.165) is 34.2 Å². The number of nitrogens with zero attached hydrogens (tertiary/aromatic N) is 2. The Balaban J connectivity index is 2.26. The lowest BCUT2D eigenvalue weighted by atomic mass is 10.1. The minimum atomic E-state index is 0.126. The van der Waals surface area contributed by atoms with Gasteiger partial charge in [0.2, 0.25) is 0 Å². The third-order valence-corrected chi connectivity index (χ3v) is 3.40. The van der Waals surface area contributed by atoms with Gasteiger partial charge in [0.25, 0.3) is 0 Å². The summed E-state index contributed by atoms with van der Waals surface area (Å²) in [5.41, 5.74) is 3.33. The first-order chi connectivity index (χ1) is 8.61. The van der Waals surface area contributed by atoms with E-state index < -0.39 is 0 Å². The molecule has 4 heteroatoms. The van der Waals surface area contributed by atoms with Gasteiger partial charge in [-0.25, -0.2) is 4.98 Å². The monoisotopic (exact) mass is 264 g/mol. The van der Waals surface area contributed by atoms with Gasteiger partial charge >= 0.3 is 0 Å². The third-order valence-electron chi connectivity index (χ3n) is 3.17. The largest absolute Gasteiger partial charge is 0.396 e. The summed E-state index contributed by atoms with van der Waals surface area (Å²) in [5.74, 6) is 0.923. The molecule has 1 heterocycles. The van der Waals surface area contributed by atoms with Crippen LogP contribution in [0.5, 0.6) is 0 Å². The van der Waals surface area contributed by atoms with Crippen LogP contribution >= 0.6 is 11.6 Å². The van der Waals surface area contributed by atoms with Crippen LogP contribution in [0.2, 0.25) is 5.02 Å². The number of halogens is 1. The predicted octanol–water partition coefficient (Wildman–Crippen LogP) is 2.51. The Bertz CT molecular complexity index is 549. The van der Waals surface area contributed by atoms with Gasteiger partial charge in [-0.15, -0.1) is 0 Å². The van der Waals surface area contributed by atoms with Crippen LogP contribution in [0.25, 0.3) is 0 Å². The lowest BCUT2D eigenvalue weighted by Gasteiger charge is -2.02. The summed E-state index contributed by atoms with van der Waals surface area (Å²) >= 11 is 5.98. The highest BCUT2D eigenvalue weighted by molar-refractivity contribution is 6.30. The fourth-order valence-electron chi connectivity index (χ4n) is 2.03. The third kappa shape index (κ3) is 2.74. The molecule has 0 radical (unpaired) electrons. The Kier molecular flexibility index (Phi) is 4.04. The van der Waals surface area contributed by atoms with Crippen molar-refractivity contribution in [3.63, 3.8) is 0 Å². The van der Waals surface area contributed by atoms with Gasteiger partial charge in [-0.3, -0.25) is 0 Å². The number of aromatic nitrogens is 2. The summed E-state index contributed by atoms with van der Waals surface area (Å²) in [7, 11) is 1.98. The van der Waals surface area contributed by atoms with Crippen molar-refractivity contribution in [2.75, 3.05) is 6.61 Å². The fourth-order valence-corrected chi connectivity index (χ4v) is 2.24. The van der Waals surface area contributed by atoms with E-state index in [2.05, 4.69) is 4.98 Å². The molecule has 0 aliphatic rings. The van der Waals surface area contributed by atoms with E-state index in [4.69, 9.17) is 16.7 Å². The second kappa shape index (κ2) is 5.55. The minimum Gasteiger partial charge on any atom is -0.396 e. The van der Waals surface area contributed by atoms with Crippen LogP contribution in [0.3, 0.4) is 0 Å². The zero-order chi connectivity index (χ0) is 13.1. The Hall–Kier alpha value is -1.32. The molecule has 96 valence electrons. The number of hydrogen-bond donors (Lipinski definition) is 1. The van der Waals surface area contributed by atoms with Gasteiger partial charge in [-0.2, -0.15) is 0 Å². The lowest BCUT2D eigenvalue weighted by Crippen LogP contribution is -2.01. The molecule has 0 saturated heterocycles. The molecule has 0 unspecified atom stereocenters. The topological polar surface area (TPSA) is 38.1 Å². The Morgan fingerprint density at radius 3 is 2.83 bits per heavy atom. The van der Waals surface area contributed by atoms with E-state index in [1.54, 1.807) is 0 Å². The number of benzene rings is 1. The molecule has 0 fully saturated rings. The zero-order valence-corrected chi connectivity index (χ0v) is 11.4. The second-order valence-corrected chi connectivity index (χ2v) is 4.84. The number of rotatable bonds is 4. The van der Waals surface area contributed by atoms with Gasteiger partial charge in [-0.05, 0) is 24.6 Å². The summed E-state index contributed by atoms with van der Waals surface area (Å²) in [5, 5.41) is 9.75. The molecule has 1 aromatic heterocycles. The standard InChI is InChI=1S/C14H17ClN2O/c1-10-13(16-14(6-7-18)17(10)2)9-11-4-3-5-12(15)8-11/h3-5,8,18H,6-7,9H2,1-2H3. The average molecular weight is 265 g/mol. The van der Waals surface area contributed by atoms with Crippen molar-refractivity contribution in [1.82, 2.24) is 9.55 Å². The van der Waals surface area contributed by atoms with Crippen molar-refractivity contribution in [2.24, 2.45) is 7.05 Å². The Morgan fingerprint density at radius 2 is 2.17 bits per heavy atom. The lowest BCUT2D eigenvalue weighted by molar-refractivity contribution is 0.295. The number of aliphatic hydroxyl groups excluding tert-OH is 1. The molecule has 0 amide bonds. The molecule has 0 spiro atoms. The highest BCUT2D eigenvalue weighted by atomic mass is 35.5. The van der Waals surface area contributed by atoms with E-state index >= 15 is 0 Å². The van der Waals surface area contributed by atoms with Crippen LogP contribution in [0.1, 0.15) is 22.8 Å². The first-order valence-electron chi connectivity index (χ1n) is 5.98. The SMILES string of the molecule is Cc1c(Cc2cccc(Cl)c2)nc(CCO)n1C.